The third-order valence-electron chi connectivity index (χ3n) is 2.24. The summed E-state index contributed by atoms with van der Waals surface area (Å²) >= 11 is 0. The number of hydrogen-bond donors (Lipinski definition) is 1. The molecule has 1 rings (SSSR count). The first-order valence-corrected chi connectivity index (χ1v) is 5.57. The summed E-state index contributed by atoms with van der Waals surface area (Å²) in [5.41, 5.74) is 1.07. The van der Waals surface area contributed by atoms with Gasteiger partial charge in [0, 0.05) is 13.0 Å². The number of ketones is 1. The smallest absolute Gasteiger partial charge is 0.158 e. The number of hydrogen-bond acceptors (Lipinski definition) is 3. The monoisotopic (exact) mass is 222 g/mol. The highest BCUT2D eigenvalue weighted by Gasteiger charge is 2.01. The van der Waals surface area contributed by atoms with Crippen LogP contribution >= 0.6 is 0 Å². The van der Waals surface area contributed by atoms with E-state index in [0.29, 0.717) is 19.4 Å². The lowest BCUT2D eigenvalue weighted by molar-refractivity contribution is -0.124. The molecule has 88 valence electrons. The van der Waals surface area contributed by atoms with Gasteiger partial charge in [-0.05, 0) is 18.4 Å². The fourth-order valence-electron chi connectivity index (χ4n) is 1.36. The van der Waals surface area contributed by atoms with Crippen LogP contribution in [0.15, 0.2) is 30.3 Å². The number of ether oxygens (including phenoxy) is 1. The van der Waals surface area contributed by atoms with Crippen LogP contribution in [0.5, 0.6) is 0 Å². The lowest BCUT2D eigenvalue weighted by atomic mass is 10.2. The molecule has 0 saturated carbocycles. The molecule has 3 heteroatoms. The van der Waals surface area contributed by atoms with Crippen molar-refractivity contribution >= 4 is 5.78 Å². The SMILES string of the molecule is O=C(CCCCO)COCc1ccccc1. The van der Waals surface area contributed by atoms with E-state index >= 15 is 0 Å². The van der Waals surface area contributed by atoms with Gasteiger partial charge in [-0.3, -0.25) is 4.79 Å². The van der Waals surface area contributed by atoms with E-state index in [0.717, 1.165) is 12.0 Å². The molecule has 16 heavy (non-hydrogen) atoms. The van der Waals surface area contributed by atoms with Gasteiger partial charge in [0.1, 0.15) is 6.61 Å². The van der Waals surface area contributed by atoms with Crippen LogP contribution in [-0.4, -0.2) is 24.1 Å². The molecule has 0 aromatic heterocycles. The topological polar surface area (TPSA) is 46.5 Å². The molecular formula is C13H18O3. The molecule has 0 heterocycles. The number of carbonyl (C=O) groups excluding carboxylic acids is 1. The van der Waals surface area contributed by atoms with E-state index in [4.69, 9.17) is 9.84 Å². The van der Waals surface area contributed by atoms with Crippen LogP contribution in [0, 0.1) is 0 Å². The standard InChI is InChI=1S/C13H18O3/c14-9-5-4-8-13(15)11-16-10-12-6-2-1-3-7-12/h1-3,6-7,14H,4-5,8-11H2. The first-order valence-electron chi connectivity index (χ1n) is 5.57. The highest BCUT2D eigenvalue weighted by Crippen LogP contribution is 2.01. The maximum atomic E-state index is 11.3. The van der Waals surface area contributed by atoms with Gasteiger partial charge in [-0.1, -0.05) is 30.3 Å². The van der Waals surface area contributed by atoms with Crippen molar-refractivity contribution in [3.05, 3.63) is 35.9 Å². The molecule has 0 radical (unpaired) electrons. The van der Waals surface area contributed by atoms with E-state index in [1.165, 1.54) is 0 Å². The van der Waals surface area contributed by atoms with Gasteiger partial charge >= 0.3 is 0 Å². The van der Waals surface area contributed by atoms with Crippen molar-refractivity contribution < 1.29 is 14.6 Å². The average Bonchev–Trinajstić information content (AvgIpc) is 2.31. The Morgan fingerprint density at radius 3 is 2.62 bits per heavy atom. The van der Waals surface area contributed by atoms with Gasteiger partial charge in [-0.2, -0.15) is 0 Å². The predicted octanol–water partition coefficient (Wildman–Crippen LogP) is 1.93. The minimum Gasteiger partial charge on any atom is -0.396 e. The summed E-state index contributed by atoms with van der Waals surface area (Å²) < 4.78 is 5.30. The Labute approximate surface area is 96.1 Å². The molecule has 0 aliphatic rings. The summed E-state index contributed by atoms with van der Waals surface area (Å²) in [6, 6.07) is 9.78. The first-order chi connectivity index (χ1) is 7.83. The highest BCUT2D eigenvalue weighted by molar-refractivity contribution is 5.79. The molecule has 1 N–H and O–H groups in total. The van der Waals surface area contributed by atoms with E-state index < -0.39 is 0 Å². The molecule has 0 saturated heterocycles. The van der Waals surface area contributed by atoms with Gasteiger partial charge in [-0.25, -0.2) is 0 Å². The van der Waals surface area contributed by atoms with Crippen molar-refractivity contribution in [2.75, 3.05) is 13.2 Å². The molecular weight excluding hydrogens is 204 g/mol. The molecule has 0 unspecified atom stereocenters. The Bertz CT molecular complexity index is 295. The third kappa shape index (κ3) is 5.63. The van der Waals surface area contributed by atoms with Crippen LogP contribution in [0.4, 0.5) is 0 Å². The summed E-state index contributed by atoms with van der Waals surface area (Å²) in [7, 11) is 0. The minimum atomic E-state index is 0.101. The van der Waals surface area contributed by atoms with Gasteiger partial charge in [0.05, 0.1) is 6.61 Å². The summed E-state index contributed by atoms with van der Waals surface area (Å²) in [5, 5.41) is 8.56. The fourth-order valence-corrected chi connectivity index (χ4v) is 1.36. The van der Waals surface area contributed by atoms with Crippen molar-refractivity contribution in [2.45, 2.75) is 25.9 Å². The number of aliphatic hydroxyl groups is 1. The van der Waals surface area contributed by atoms with Crippen molar-refractivity contribution in [1.29, 1.82) is 0 Å². The normalized spacial score (nSPS) is 10.3. The van der Waals surface area contributed by atoms with Gasteiger partial charge in [0.2, 0.25) is 0 Å². The first kappa shape index (κ1) is 12.9. The molecule has 0 spiro atoms. The van der Waals surface area contributed by atoms with Crippen LogP contribution in [0.2, 0.25) is 0 Å². The lowest BCUT2D eigenvalue weighted by Crippen LogP contribution is -2.08. The number of unbranched alkanes of at least 4 members (excludes halogenated alkanes) is 1. The molecule has 0 aliphatic carbocycles. The van der Waals surface area contributed by atoms with E-state index in [9.17, 15) is 4.79 Å². The molecule has 1 aromatic rings. The largest absolute Gasteiger partial charge is 0.396 e. The summed E-state index contributed by atoms with van der Waals surface area (Å²) in [6.07, 6.45) is 1.92. The summed E-state index contributed by atoms with van der Waals surface area (Å²) in [5.74, 6) is 0.101. The number of benzene rings is 1. The predicted molar refractivity (Wildman–Crippen MR) is 62.0 cm³/mol. The molecule has 0 fully saturated rings. The van der Waals surface area contributed by atoms with E-state index in [2.05, 4.69) is 0 Å². The number of aliphatic hydroxyl groups excluding tert-OH is 1. The quantitative estimate of drug-likeness (QED) is 0.684. The summed E-state index contributed by atoms with van der Waals surface area (Å²) in [4.78, 5) is 11.3. The number of carbonyl (C=O) groups is 1. The Morgan fingerprint density at radius 1 is 1.19 bits per heavy atom. The van der Waals surface area contributed by atoms with Gasteiger partial charge in [0.15, 0.2) is 5.78 Å². The Hall–Kier alpha value is -1.19. The Balaban J connectivity index is 2.09. The van der Waals surface area contributed by atoms with Crippen molar-refractivity contribution in [1.82, 2.24) is 0 Å². The molecule has 0 bridgehead atoms. The van der Waals surface area contributed by atoms with Crippen LogP contribution in [0.3, 0.4) is 0 Å². The molecule has 0 amide bonds. The second-order valence-corrected chi connectivity index (χ2v) is 3.70. The van der Waals surface area contributed by atoms with E-state index in [1.807, 2.05) is 30.3 Å². The van der Waals surface area contributed by atoms with Crippen molar-refractivity contribution in [3.63, 3.8) is 0 Å². The van der Waals surface area contributed by atoms with Crippen LogP contribution < -0.4 is 0 Å². The van der Waals surface area contributed by atoms with Gasteiger partial charge in [0.25, 0.3) is 0 Å². The molecule has 0 aliphatic heterocycles. The van der Waals surface area contributed by atoms with Gasteiger partial charge < -0.3 is 9.84 Å². The zero-order valence-corrected chi connectivity index (χ0v) is 9.39. The van der Waals surface area contributed by atoms with E-state index in [1.54, 1.807) is 0 Å². The zero-order valence-electron chi connectivity index (χ0n) is 9.39. The maximum absolute atomic E-state index is 11.3. The summed E-state index contributed by atoms with van der Waals surface area (Å²) in [6.45, 7) is 0.797. The lowest BCUT2D eigenvalue weighted by Gasteiger charge is -2.03. The fraction of sp³-hybridized carbons (Fsp3) is 0.462. The minimum absolute atomic E-state index is 0.101. The van der Waals surface area contributed by atoms with Gasteiger partial charge in [-0.15, -0.1) is 0 Å². The highest BCUT2D eigenvalue weighted by atomic mass is 16.5. The Morgan fingerprint density at radius 2 is 1.94 bits per heavy atom. The Kier molecular flexibility index (Phi) is 6.45. The van der Waals surface area contributed by atoms with Crippen molar-refractivity contribution in [2.24, 2.45) is 0 Å². The zero-order chi connectivity index (χ0) is 11.6. The second-order valence-electron chi connectivity index (χ2n) is 3.70. The molecule has 1 aromatic carbocycles. The van der Waals surface area contributed by atoms with E-state index in [-0.39, 0.29) is 19.0 Å². The maximum Gasteiger partial charge on any atom is 0.158 e. The van der Waals surface area contributed by atoms with Crippen LogP contribution in [0.25, 0.3) is 0 Å². The molecule has 3 nitrogen and oxygen atoms in total. The third-order valence-corrected chi connectivity index (χ3v) is 2.24. The number of Topliss-reactive ketones (excluding diaryl/α,β-unsaturated/α-hetero) is 1. The van der Waals surface area contributed by atoms with Crippen LogP contribution in [-0.2, 0) is 16.1 Å². The van der Waals surface area contributed by atoms with Crippen LogP contribution in [0.1, 0.15) is 24.8 Å². The average molecular weight is 222 g/mol. The second kappa shape index (κ2) is 8.02. The van der Waals surface area contributed by atoms with Crippen molar-refractivity contribution in [3.8, 4) is 0 Å². The molecule has 0 atom stereocenters. The number of rotatable bonds is 8.